The molecule has 0 bridgehead atoms. The van der Waals surface area contributed by atoms with Crippen LogP contribution in [-0.2, 0) is 32.2 Å². The summed E-state index contributed by atoms with van der Waals surface area (Å²) in [5, 5.41) is 36.3. The molecular weight excluding hydrogens is 576 g/mol. The first-order chi connectivity index (χ1) is 21.5. The van der Waals surface area contributed by atoms with Gasteiger partial charge in [-0.15, -0.1) is 0 Å². The standard InChI is InChI=1S/C26H30N12O6/c27-35-31-12-19-24(41-13-15-7-3-1-4-8-15)25(42-14-16-9-5-2-6-10-16)20(34-38-30)26(43-19)44-23-18(33-37-29)11-17(32-36-28)21(39)22(23)40/h1-10,17-26,39-40H,11-14H2/t17-,18?,19?,20?,21?,22-,23-,24-,25+,26-/m1/s1. The number of aliphatic hydroxyl groups excluding tert-OH is 2. The first-order valence-electron chi connectivity index (χ1n) is 13.6. The van der Waals surface area contributed by atoms with E-state index in [-0.39, 0.29) is 26.2 Å². The van der Waals surface area contributed by atoms with E-state index in [9.17, 15) is 15.7 Å². The maximum atomic E-state index is 10.9. The topological polar surface area (TPSA) is 272 Å². The molecule has 1 heterocycles. The normalized spacial score (nSPS) is 31.3. The highest BCUT2D eigenvalue weighted by molar-refractivity contribution is 5.15. The molecule has 4 unspecified atom stereocenters. The van der Waals surface area contributed by atoms with Gasteiger partial charge in [0, 0.05) is 19.6 Å². The Kier molecular flexibility index (Phi) is 12.0. The Labute approximate surface area is 250 Å². The van der Waals surface area contributed by atoms with Gasteiger partial charge in [0.15, 0.2) is 6.29 Å². The van der Waals surface area contributed by atoms with Crippen molar-refractivity contribution in [3.8, 4) is 0 Å². The molecule has 1 saturated carbocycles. The van der Waals surface area contributed by atoms with Crippen LogP contribution in [0.2, 0.25) is 0 Å². The molecule has 10 atom stereocenters. The molecule has 230 valence electrons. The SMILES string of the molecule is [N-]=[N+]=NCC1O[C@H](O[C@@H]2C(N=[N+]=[N-])C[C@@H](N=[N+]=[N-])C(O)[C@H]2O)C(N=[N+]=[N-])[C@H](OCc2ccccc2)[C@@H]1OCc1ccccc1. The van der Waals surface area contributed by atoms with Crippen LogP contribution in [0.25, 0.3) is 41.8 Å². The number of hydrogen-bond donors (Lipinski definition) is 2. The predicted octanol–water partition coefficient (Wildman–Crippen LogP) is 4.74. The van der Waals surface area contributed by atoms with Crippen LogP contribution in [0.5, 0.6) is 0 Å². The minimum Gasteiger partial charge on any atom is -0.390 e. The van der Waals surface area contributed by atoms with Crippen molar-refractivity contribution in [3.05, 3.63) is 114 Å². The van der Waals surface area contributed by atoms with E-state index in [1.54, 1.807) is 0 Å². The Morgan fingerprint density at radius 3 is 1.84 bits per heavy atom. The number of benzene rings is 2. The zero-order valence-electron chi connectivity index (χ0n) is 23.3. The van der Waals surface area contributed by atoms with Crippen LogP contribution in [-0.4, -0.2) is 77.8 Å². The quantitative estimate of drug-likeness (QED) is 0.184. The number of ether oxygens (including phenoxy) is 4. The summed E-state index contributed by atoms with van der Waals surface area (Å²) in [6, 6.07) is 15.1. The van der Waals surface area contributed by atoms with Gasteiger partial charge in [-0.05, 0) is 39.7 Å². The molecule has 0 aromatic heterocycles. The second-order valence-corrected chi connectivity index (χ2v) is 10.0. The Morgan fingerprint density at radius 1 is 0.705 bits per heavy atom. The molecule has 4 rings (SSSR count). The molecule has 0 radical (unpaired) electrons. The first kappa shape index (κ1) is 32.4. The molecule has 0 spiro atoms. The molecule has 2 aromatic carbocycles. The number of nitrogens with zero attached hydrogens (tertiary/aromatic N) is 12. The summed E-state index contributed by atoms with van der Waals surface area (Å²) in [5.74, 6) is 0. The molecule has 2 aromatic rings. The Balaban J connectivity index is 1.69. The third-order valence-corrected chi connectivity index (χ3v) is 7.33. The summed E-state index contributed by atoms with van der Waals surface area (Å²) in [6.45, 7) is -0.0255. The lowest BCUT2D eigenvalue weighted by Gasteiger charge is -2.47. The van der Waals surface area contributed by atoms with Crippen molar-refractivity contribution in [2.45, 2.75) is 80.7 Å². The summed E-state index contributed by atoms with van der Waals surface area (Å²) in [4.78, 5) is 11.3. The minimum absolute atomic E-state index is 0.0784. The molecule has 2 fully saturated rings. The van der Waals surface area contributed by atoms with Crippen molar-refractivity contribution < 1.29 is 29.2 Å². The van der Waals surface area contributed by atoms with Crippen molar-refractivity contribution >= 4 is 0 Å². The molecule has 2 aliphatic rings. The fourth-order valence-electron chi connectivity index (χ4n) is 5.23. The molecule has 2 N–H and O–H groups in total. The van der Waals surface area contributed by atoms with E-state index in [2.05, 4.69) is 40.1 Å². The lowest BCUT2D eigenvalue weighted by atomic mass is 9.84. The van der Waals surface area contributed by atoms with Crippen molar-refractivity contribution in [1.29, 1.82) is 0 Å². The third kappa shape index (κ3) is 8.08. The monoisotopic (exact) mass is 606 g/mol. The van der Waals surface area contributed by atoms with Crippen LogP contribution in [0.4, 0.5) is 0 Å². The molecule has 44 heavy (non-hydrogen) atoms. The molecule has 1 aliphatic carbocycles. The number of hydrogen-bond acceptors (Lipinski definition) is 10. The number of azide groups is 4. The van der Waals surface area contributed by atoms with Crippen molar-refractivity contribution in [3.63, 3.8) is 0 Å². The summed E-state index contributed by atoms with van der Waals surface area (Å²) >= 11 is 0. The minimum atomic E-state index is -1.68. The predicted molar refractivity (Wildman–Crippen MR) is 153 cm³/mol. The highest BCUT2D eigenvalue weighted by Gasteiger charge is 2.51. The molecule has 18 heteroatoms. The van der Waals surface area contributed by atoms with E-state index >= 15 is 0 Å². The fourth-order valence-corrected chi connectivity index (χ4v) is 5.23. The van der Waals surface area contributed by atoms with Gasteiger partial charge in [-0.25, -0.2) is 0 Å². The maximum absolute atomic E-state index is 10.9. The lowest BCUT2D eigenvalue weighted by molar-refractivity contribution is -0.300. The Morgan fingerprint density at radius 2 is 1.27 bits per heavy atom. The van der Waals surface area contributed by atoms with Gasteiger partial charge in [-0.1, -0.05) is 81.1 Å². The van der Waals surface area contributed by atoms with E-state index in [1.165, 1.54) is 0 Å². The third-order valence-electron chi connectivity index (χ3n) is 7.33. The van der Waals surface area contributed by atoms with E-state index in [0.29, 0.717) is 0 Å². The van der Waals surface area contributed by atoms with E-state index in [0.717, 1.165) is 11.1 Å². The smallest absolute Gasteiger partial charge is 0.169 e. The largest absolute Gasteiger partial charge is 0.390 e. The van der Waals surface area contributed by atoms with Gasteiger partial charge in [0.1, 0.15) is 24.4 Å². The molecule has 18 nitrogen and oxygen atoms in total. The van der Waals surface area contributed by atoms with Crippen molar-refractivity contribution in [2.75, 3.05) is 6.54 Å². The van der Waals surface area contributed by atoms with Crippen LogP contribution >= 0.6 is 0 Å². The first-order valence-corrected chi connectivity index (χ1v) is 13.6. The average molecular weight is 607 g/mol. The van der Waals surface area contributed by atoms with Gasteiger partial charge in [-0.3, -0.25) is 0 Å². The van der Waals surface area contributed by atoms with Crippen LogP contribution in [0, 0.1) is 0 Å². The highest BCUT2D eigenvalue weighted by atomic mass is 16.7. The summed E-state index contributed by atoms with van der Waals surface area (Å²) in [5.41, 5.74) is 38.3. The van der Waals surface area contributed by atoms with Gasteiger partial charge in [0.05, 0.1) is 50.2 Å². The zero-order valence-corrected chi connectivity index (χ0v) is 23.3. The maximum Gasteiger partial charge on any atom is 0.169 e. The van der Waals surface area contributed by atoms with Crippen LogP contribution in [0.3, 0.4) is 0 Å². The highest BCUT2D eigenvalue weighted by Crippen LogP contribution is 2.35. The lowest BCUT2D eigenvalue weighted by Crippen LogP contribution is -2.63. The molecule has 1 saturated heterocycles. The van der Waals surface area contributed by atoms with Gasteiger partial charge >= 0.3 is 0 Å². The second-order valence-electron chi connectivity index (χ2n) is 10.0. The molecular formula is C26H30N12O6. The van der Waals surface area contributed by atoms with Gasteiger partial charge in [-0.2, -0.15) is 0 Å². The van der Waals surface area contributed by atoms with Crippen molar-refractivity contribution in [1.82, 2.24) is 0 Å². The second kappa shape index (κ2) is 16.3. The summed E-state index contributed by atoms with van der Waals surface area (Å²) in [6.07, 6.45) is -9.13. The summed E-state index contributed by atoms with van der Waals surface area (Å²) in [7, 11) is 0. The number of aliphatic hydroxyl groups is 2. The van der Waals surface area contributed by atoms with E-state index in [1.807, 2.05) is 60.7 Å². The average Bonchev–Trinajstić information content (AvgIpc) is 3.04. The van der Waals surface area contributed by atoms with Crippen LogP contribution in [0.15, 0.2) is 81.1 Å². The van der Waals surface area contributed by atoms with Crippen LogP contribution < -0.4 is 0 Å². The Hall–Kier alpha value is -4.56. The van der Waals surface area contributed by atoms with E-state index < -0.39 is 61.0 Å². The zero-order chi connectivity index (χ0) is 31.3. The molecule has 1 aliphatic heterocycles. The van der Waals surface area contributed by atoms with Crippen LogP contribution in [0.1, 0.15) is 17.5 Å². The fraction of sp³-hybridized carbons (Fsp3) is 0.538. The van der Waals surface area contributed by atoms with Crippen molar-refractivity contribution in [2.24, 2.45) is 20.5 Å². The Bertz CT molecular complexity index is 1410. The van der Waals surface area contributed by atoms with Gasteiger partial charge in [0.2, 0.25) is 0 Å². The molecule has 0 amide bonds. The van der Waals surface area contributed by atoms with Gasteiger partial charge in [0.25, 0.3) is 0 Å². The summed E-state index contributed by atoms with van der Waals surface area (Å²) < 4.78 is 24.8. The number of rotatable bonds is 13. The van der Waals surface area contributed by atoms with E-state index in [4.69, 9.17) is 35.5 Å². The van der Waals surface area contributed by atoms with Gasteiger partial charge < -0.3 is 29.2 Å².